The highest BCUT2D eigenvalue weighted by molar-refractivity contribution is 7.99. The molecule has 2 N–H and O–H groups in total. The fourth-order valence-corrected chi connectivity index (χ4v) is 2.48. The van der Waals surface area contributed by atoms with Crippen molar-refractivity contribution in [3.05, 3.63) is 29.8 Å². The molecule has 0 aromatic heterocycles. The van der Waals surface area contributed by atoms with E-state index in [1.165, 1.54) is 30.7 Å². The second kappa shape index (κ2) is 4.49. The summed E-state index contributed by atoms with van der Waals surface area (Å²) >= 11 is 1.30. The third kappa shape index (κ3) is 2.92. The van der Waals surface area contributed by atoms with Gasteiger partial charge in [-0.2, -0.15) is 0 Å². The molecule has 15 heavy (non-hydrogen) atoms. The van der Waals surface area contributed by atoms with E-state index in [0.29, 0.717) is 16.6 Å². The minimum atomic E-state index is -0.404. The molecule has 1 saturated carbocycles. The van der Waals surface area contributed by atoms with E-state index < -0.39 is 5.82 Å². The van der Waals surface area contributed by atoms with E-state index in [1.54, 1.807) is 0 Å². The molecule has 1 unspecified atom stereocenters. The number of benzene rings is 1. The molecule has 0 aliphatic heterocycles. The van der Waals surface area contributed by atoms with Crippen LogP contribution in [0.15, 0.2) is 23.1 Å². The lowest BCUT2D eigenvalue weighted by molar-refractivity contribution is 0.576. The van der Waals surface area contributed by atoms with Gasteiger partial charge in [0, 0.05) is 16.7 Å². The van der Waals surface area contributed by atoms with E-state index in [0.717, 1.165) is 12.1 Å². The predicted octanol–water partition coefficient (Wildman–Crippen LogP) is 2.79. The molecule has 0 amide bonds. The van der Waals surface area contributed by atoms with Crippen LogP contribution in [0.25, 0.3) is 0 Å². The van der Waals surface area contributed by atoms with Gasteiger partial charge in [-0.3, -0.25) is 0 Å². The summed E-state index contributed by atoms with van der Waals surface area (Å²) in [6, 6.07) is 3.61. The summed E-state index contributed by atoms with van der Waals surface area (Å²) in [6.07, 6.45) is 2.35. The van der Waals surface area contributed by atoms with E-state index >= 15 is 0 Å². The zero-order valence-electron chi connectivity index (χ0n) is 8.25. The van der Waals surface area contributed by atoms with Crippen molar-refractivity contribution in [2.75, 3.05) is 5.75 Å². The molecule has 0 radical (unpaired) electrons. The third-order valence-corrected chi connectivity index (χ3v) is 3.73. The van der Waals surface area contributed by atoms with Crippen molar-refractivity contribution < 1.29 is 8.78 Å². The Hall–Kier alpha value is -0.610. The molecular formula is C11H13F2NS. The molecule has 4 heteroatoms. The standard InChI is InChI=1S/C11H13F2NS/c12-8-3-4-9(13)11(5-8)15-6-10(14)7-1-2-7/h3-5,7,10H,1-2,6,14H2. The summed E-state index contributed by atoms with van der Waals surface area (Å²) in [5.74, 6) is 0.475. The van der Waals surface area contributed by atoms with Crippen LogP contribution in [0.3, 0.4) is 0 Å². The van der Waals surface area contributed by atoms with Crippen LogP contribution in [0.5, 0.6) is 0 Å². The molecule has 1 nitrogen and oxygen atoms in total. The molecule has 1 fully saturated rings. The summed E-state index contributed by atoms with van der Waals surface area (Å²) in [6.45, 7) is 0. The van der Waals surface area contributed by atoms with Crippen molar-refractivity contribution >= 4 is 11.8 Å². The molecule has 1 aromatic rings. The second-order valence-corrected chi connectivity index (χ2v) is 4.95. The van der Waals surface area contributed by atoms with E-state index in [-0.39, 0.29) is 11.9 Å². The maximum Gasteiger partial charge on any atom is 0.136 e. The van der Waals surface area contributed by atoms with Gasteiger partial charge in [0.15, 0.2) is 0 Å². The molecule has 0 heterocycles. The van der Waals surface area contributed by atoms with Gasteiger partial charge >= 0.3 is 0 Å². The second-order valence-electron chi connectivity index (χ2n) is 3.89. The molecule has 82 valence electrons. The van der Waals surface area contributed by atoms with Gasteiger partial charge in [0.2, 0.25) is 0 Å². The maximum absolute atomic E-state index is 13.2. The molecule has 1 atom stereocenters. The summed E-state index contributed by atoms with van der Waals surface area (Å²) in [4.78, 5) is 0.353. The van der Waals surface area contributed by atoms with Gasteiger partial charge in [0.25, 0.3) is 0 Å². The Bertz CT molecular complexity index is 352. The lowest BCUT2D eigenvalue weighted by Crippen LogP contribution is -2.25. The fraction of sp³-hybridized carbons (Fsp3) is 0.455. The van der Waals surface area contributed by atoms with E-state index in [9.17, 15) is 8.78 Å². The van der Waals surface area contributed by atoms with Crippen LogP contribution in [0.1, 0.15) is 12.8 Å². The largest absolute Gasteiger partial charge is 0.327 e. The summed E-state index contributed by atoms with van der Waals surface area (Å²) in [5, 5.41) is 0. The van der Waals surface area contributed by atoms with Crippen LogP contribution in [-0.4, -0.2) is 11.8 Å². The van der Waals surface area contributed by atoms with Gasteiger partial charge in [0.1, 0.15) is 11.6 Å². The molecule has 0 saturated heterocycles. The molecule has 1 aliphatic carbocycles. The highest BCUT2D eigenvalue weighted by Crippen LogP contribution is 2.34. The smallest absolute Gasteiger partial charge is 0.136 e. The van der Waals surface area contributed by atoms with Gasteiger partial charge in [-0.05, 0) is 37.0 Å². The Morgan fingerprint density at radius 2 is 2.13 bits per heavy atom. The van der Waals surface area contributed by atoms with Crippen molar-refractivity contribution in [1.29, 1.82) is 0 Å². The predicted molar refractivity (Wildman–Crippen MR) is 57.8 cm³/mol. The molecule has 0 spiro atoms. The summed E-state index contributed by atoms with van der Waals surface area (Å²) < 4.78 is 26.0. The number of thioether (sulfide) groups is 1. The SMILES string of the molecule is NC(CSc1cc(F)ccc1F)C1CC1. The average Bonchev–Trinajstić information content (AvgIpc) is 3.02. The lowest BCUT2D eigenvalue weighted by atomic mass is 10.2. The number of halogens is 2. The Kier molecular flexibility index (Phi) is 3.26. The van der Waals surface area contributed by atoms with Crippen molar-refractivity contribution in [1.82, 2.24) is 0 Å². The Balaban J connectivity index is 1.94. The number of hydrogen-bond acceptors (Lipinski definition) is 2. The van der Waals surface area contributed by atoms with Crippen LogP contribution in [0, 0.1) is 17.6 Å². The first-order chi connectivity index (χ1) is 7.16. The van der Waals surface area contributed by atoms with E-state index in [1.807, 2.05) is 0 Å². The Morgan fingerprint density at radius 1 is 1.40 bits per heavy atom. The topological polar surface area (TPSA) is 26.0 Å². The van der Waals surface area contributed by atoms with Gasteiger partial charge < -0.3 is 5.73 Å². The number of rotatable bonds is 4. The number of hydrogen-bond donors (Lipinski definition) is 1. The highest BCUT2D eigenvalue weighted by Gasteiger charge is 2.28. The summed E-state index contributed by atoms with van der Waals surface area (Å²) in [7, 11) is 0. The minimum absolute atomic E-state index is 0.109. The molecular weight excluding hydrogens is 216 g/mol. The highest BCUT2D eigenvalue weighted by atomic mass is 32.2. The monoisotopic (exact) mass is 229 g/mol. The van der Waals surface area contributed by atoms with Gasteiger partial charge in [0.05, 0.1) is 0 Å². The molecule has 1 aromatic carbocycles. The van der Waals surface area contributed by atoms with Gasteiger partial charge in [-0.1, -0.05) is 0 Å². The molecule has 2 rings (SSSR count). The van der Waals surface area contributed by atoms with Crippen LogP contribution < -0.4 is 5.73 Å². The normalized spacial score (nSPS) is 17.8. The van der Waals surface area contributed by atoms with E-state index in [4.69, 9.17) is 5.73 Å². The van der Waals surface area contributed by atoms with Crippen molar-refractivity contribution in [3.63, 3.8) is 0 Å². The Morgan fingerprint density at radius 3 is 2.80 bits per heavy atom. The number of nitrogens with two attached hydrogens (primary N) is 1. The van der Waals surface area contributed by atoms with E-state index in [2.05, 4.69) is 0 Å². The van der Waals surface area contributed by atoms with Crippen LogP contribution in [-0.2, 0) is 0 Å². The van der Waals surface area contributed by atoms with Crippen LogP contribution >= 0.6 is 11.8 Å². The molecule has 0 bridgehead atoms. The average molecular weight is 229 g/mol. The van der Waals surface area contributed by atoms with Crippen LogP contribution in [0.2, 0.25) is 0 Å². The first kappa shape index (κ1) is 10.9. The quantitative estimate of drug-likeness (QED) is 0.803. The molecule has 1 aliphatic rings. The lowest BCUT2D eigenvalue weighted by Gasteiger charge is -2.09. The fourth-order valence-electron chi connectivity index (χ4n) is 1.43. The third-order valence-electron chi connectivity index (χ3n) is 2.55. The van der Waals surface area contributed by atoms with Crippen molar-refractivity contribution in [3.8, 4) is 0 Å². The zero-order chi connectivity index (χ0) is 10.8. The minimum Gasteiger partial charge on any atom is -0.327 e. The first-order valence-corrected chi connectivity index (χ1v) is 5.99. The van der Waals surface area contributed by atoms with Crippen molar-refractivity contribution in [2.45, 2.75) is 23.8 Å². The first-order valence-electron chi connectivity index (χ1n) is 5.00. The van der Waals surface area contributed by atoms with Gasteiger partial charge in [-0.15, -0.1) is 11.8 Å². The van der Waals surface area contributed by atoms with Gasteiger partial charge in [-0.25, -0.2) is 8.78 Å². The zero-order valence-corrected chi connectivity index (χ0v) is 9.07. The summed E-state index contributed by atoms with van der Waals surface area (Å²) in [5.41, 5.74) is 5.88. The van der Waals surface area contributed by atoms with Crippen molar-refractivity contribution in [2.24, 2.45) is 11.7 Å². The maximum atomic E-state index is 13.2. The van der Waals surface area contributed by atoms with Crippen LogP contribution in [0.4, 0.5) is 8.78 Å². The Labute approximate surface area is 92.0 Å².